The molecule has 0 aliphatic heterocycles. The summed E-state index contributed by atoms with van der Waals surface area (Å²) in [5.41, 5.74) is 0. The third-order valence-electron chi connectivity index (χ3n) is 2.81. The van der Waals surface area contributed by atoms with Crippen molar-refractivity contribution in [2.45, 2.75) is 111 Å². The molecule has 0 spiro atoms. The first-order chi connectivity index (χ1) is 14.7. The molecule has 8 nitrogen and oxygen atoms in total. The smallest absolute Gasteiger partial charge is 0.402 e. The van der Waals surface area contributed by atoms with Crippen molar-refractivity contribution in [1.82, 2.24) is 0 Å². The van der Waals surface area contributed by atoms with Crippen LogP contribution in [0.4, 0.5) is 0 Å². The van der Waals surface area contributed by atoms with Crippen molar-refractivity contribution >= 4 is 79.2 Å². The molecule has 0 fully saturated rings. The average molecular weight is 641 g/mol. The van der Waals surface area contributed by atoms with Crippen LogP contribution in [0.25, 0.3) is 0 Å². The minimum absolute atomic E-state index is 0.644. The van der Waals surface area contributed by atoms with E-state index >= 15 is 0 Å². The normalized spacial score (nSPS) is 15.4. The highest BCUT2D eigenvalue weighted by Gasteiger charge is 2.53. The first-order valence-corrected chi connectivity index (χ1v) is 36.5. The van der Waals surface area contributed by atoms with Crippen LogP contribution in [-0.2, 0) is 28.8 Å². The molecule has 0 aromatic carbocycles. The fourth-order valence-corrected chi connectivity index (χ4v) is 26.5. The third kappa shape index (κ3) is 22.8. The molecule has 0 saturated heterocycles. The van der Waals surface area contributed by atoms with Gasteiger partial charge in [-0.05, 0) is 98.2 Å². The SMILES string of the molecule is C[SiH2]O[Si](O)(O[Si](C)(C)C)O[Si](C)(C)C.C[SiH2]O[Si](O[Si](C)(C)C)(O[Si](C)(C)C)O[Si](C)(C)C. The Hall–Kier alpha value is 1.63. The van der Waals surface area contributed by atoms with E-state index in [1.165, 1.54) is 0 Å². The van der Waals surface area contributed by atoms with Gasteiger partial charge in [-0.1, -0.05) is 13.1 Å². The minimum atomic E-state index is -3.34. The van der Waals surface area contributed by atoms with Crippen molar-refractivity contribution in [2.24, 2.45) is 0 Å². The van der Waals surface area contributed by atoms with E-state index in [0.717, 1.165) is 0 Å². The second-order valence-corrected chi connectivity index (χ2v) is 43.7. The predicted molar refractivity (Wildman–Crippen MR) is 167 cm³/mol. The van der Waals surface area contributed by atoms with Gasteiger partial charge in [-0.15, -0.1) is 0 Å². The highest BCUT2D eigenvalue weighted by atomic mass is 28.5. The van der Waals surface area contributed by atoms with Gasteiger partial charge in [0.05, 0.1) is 0 Å². The monoisotopic (exact) mass is 640 g/mol. The van der Waals surface area contributed by atoms with Gasteiger partial charge in [0, 0.05) is 0 Å². The van der Waals surface area contributed by atoms with Crippen LogP contribution < -0.4 is 0 Å². The molecular formula is C17H56O8Si9. The van der Waals surface area contributed by atoms with Gasteiger partial charge in [-0.3, -0.25) is 0 Å². The van der Waals surface area contributed by atoms with E-state index in [9.17, 15) is 4.80 Å². The van der Waals surface area contributed by atoms with Crippen molar-refractivity contribution in [3.8, 4) is 0 Å². The topological polar surface area (TPSA) is 84.8 Å². The Labute approximate surface area is 223 Å². The van der Waals surface area contributed by atoms with E-state index in [1.807, 2.05) is 45.8 Å². The lowest BCUT2D eigenvalue weighted by molar-refractivity contribution is 0.147. The molecule has 0 atom stereocenters. The Morgan fingerprint density at radius 1 is 0.412 bits per heavy atom. The molecule has 17 heteroatoms. The highest BCUT2D eigenvalue weighted by Crippen LogP contribution is 2.26. The second-order valence-electron chi connectivity index (χ2n) is 13.0. The quantitative estimate of drug-likeness (QED) is 0.280. The molecule has 0 heterocycles. The molecule has 0 rings (SSSR count). The van der Waals surface area contributed by atoms with Gasteiger partial charge in [0.2, 0.25) is 0 Å². The maximum Gasteiger partial charge on any atom is 0.644 e. The lowest BCUT2D eigenvalue weighted by Crippen LogP contribution is -2.62. The number of hydrogen-bond donors (Lipinski definition) is 1. The van der Waals surface area contributed by atoms with Crippen LogP contribution in [0.15, 0.2) is 0 Å². The molecular weight excluding hydrogens is 585 g/mol. The van der Waals surface area contributed by atoms with Crippen LogP contribution in [0.1, 0.15) is 0 Å². The zero-order chi connectivity index (χ0) is 27.9. The zero-order valence-corrected chi connectivity index (χ0v) is 35.0. The number of hydrogen-bond acceptors (Lipinski definition) is 8. The van der Waals surface area contributed by atoms with E-state index in [2.05, 4.69) is 65.5 Å². The Morgan fingerprint density at radius 3 is 0.824 bits per heavy atom. The first-order valence-electron chi connectivity index (χ1n) is 12.2. The standard InChI is InChI=1S/C10H32O4Si5.C7H24O4Si4/c1-15-11-19(12-16(2,3)4,13-17(5,6)7)14-18(8,9)10;1-12-9-15(8,10-13(2,3)4)11-14(5,6)7/h15H2,1-10H3;8H,12H2,1-7H3. The van der Waals surface area contributed by atoms with Crippen LogP contribution in [0.2, 0.25) is 111 Å². The van der Waals surface area contributed by atoms with Gasteiger partial charge in [-0.2, -0.15) is 0 Å². The van der Waals surface area contributed by atoms with Gasteiger partial charge < -0.3 is 33.6 Å². The van der Waals surface area contributed by atoms with E-state index in [0.29, 0.717) is 0 Å². The Balaban J connectivity index is 0. The summed E-state index contributed by atoms with van der Waals surface area (Å²) in [5.74, 6) is 0. The molecule has 0 aromatic rings. The second kappa shape index (κ2) is 14.1. The van der Waals surface area contributed by atoms with Crippen molar-refractivity contribution < 1.29 is 33.6 Å². The van der Waals surface area contributed by atoms with Crippen molar-refractivity contribution in [3.05, 3.63) is 0 Å². The fraction of sp³-hybridized carbons (Fsp3) is 1.00. The third-order valence-corrected chi connectivity index (χ3v) is 25.3. The summed E-state index contributed by atoms with van der Waals surface area (Å²) in [6, 6.07) is 0. The summed E-state index contributed by atoms with van der Waals surface area (Å²) in [5, 5.41) is 0. The Morgan fingerprint density at radius 2 is 0.647 bits per heavy atom. The predicted octanol–water partition coefficient (Wildman–Crippen LogP) is 4.39. The summed E-state index contributed by atoms with van der Waals surface area (Å²) >= 11 is 0. The molecule has 0 amide bonds. The molecule has 0 unspecified atom stereocenters. The largest absolute Gasteiger partial charge is 0.644 e. The summed E-state index contributed by atoms with van der Waals surface area (Å²) < 4.78 is 41.9. The molecule has 34 heavy (non-hydrogen) atoms. The molecule has 0 aliphatic rings. The van der Waals surface area contributed by atoms with Gasteiger partial charge in [0.15, 0.2) is 61.1 Å². The van der Waals surface area contributed by atoms with Gasteiger partial charge in [0.1, 0.15) is 0 Å². The van der Waals surface area contributed by atoms with Gasteiger partial charge in [-0.25, -0.2) is 0 Å². The Kier molecular flexibility index (Phi) is 15.7. The molecule has 0 saturated carbocycles. The zero-order valence-electron chi connectivity index (χ0n) is 25.2. The summed E-state index contributed by atoms with van der Waals surface area (Å²) in [7, 11) is -16.6. The van der Waals surface area contributed by atoms with E-state index in [-0.39, 0.29) is 0 Å². The molecule has 1 N–H and O–H groups in total. The maximum absolute atomic E-state index is 10.3. The Bertz CT molecular complexity index is 521. The van der Waals surface area contributed by atoms with Gasteiger partial charge in [0.25, 0.3) is 0 Å². The van der Waals surface area contributed by atoms with Crippen molar-refractivity contribution in [3.63, 3.8) is 0 Å². The van der Waals surface area contributed by atoms with Crippen LogP contribution in [0.5, 0.6) is 0 Å². The van der Waals surface area contributed by atoms with E-state index < -0.39 is 79.2 Å². The minimum Gasteiger partial charge on any atom is -0.402 e. The van der Waals surface area contributed by atoms with Crippen LogP contribution in [0, 0.1) is 0 Å². The summed E-state index contributed by atoms with van der Waals surface area (Å²) in [6.07, 6.45) is 0. The lowest BCUT2D eigenvalue weighted by atomic mass is 11.8. The van der Waals surface area contributed by atoms with Crippen LogP contribution >= 0.6 is 0 Å². The first kappa shape index (κ1) is 37.8. The maximum atomic E-state index is 10.3. The summed E-state index contributed by atoms with van der Waals surface area (Å²) in [6.45, 7) is 35.7. The van der Waals surface area contributed by atoms with E-state index in [1.54, 1.807) is 0 Å². The average Bonchev–Trinajstić information content (AvgIpc) is 2.36. The molecule has 208 valence electrons. The number of rotatable bonds is 14. The molecule has 0 aliphatic carbocycles. The fourth-order valence-electron chi connectivity index (χ4n) is 2.49. The van der Waals surface area contributed by atoms with Crippen LogP contribution in [-0.4, -0.2) is 84.0 Å². The molecule has 0 bridgehead atoms. The van der Waals surface area contributed by atoms with Crippen LogP contribution in [0.3, 0.4) is 0 Å². The van der Waals surface area contributed by atoms with Crippen molar-refractivity contribution in [1.29, 1.82) is 0 Å². The molecule has 0 aromatic heterocycles. The van der Waals surface area contributed by atoms with Crippen molar-refractivity contribution in [2.75, 3.05) is 0 Å². The van der Waals surface area contributed by atoms with Gasteiger partial charge >= 0.3 is 18.1 Å². The highest BCUT2D eigenvalue weighted by molar-refractivity contribution is 6.89. The molecule has 0 radical (unpaired) electrons. The lowest BCUT2D eigenvalue weighted by Gasteiger charge is -2.41. The summed E-state index contributed by atoms with van der Waals surface area (Å²) in [4.78, 5) is 10.3. The van der Waals surface area contributed by atoms with E-state index in [4.69, 9.17) is 28.8 Å².